The Labute approximate surface area is 153 Å². The number of hydrogen-bond donors (Lipinski definition) is 3. The van der Waals surface area contributed by atoms with E-state index in [4.69, 9.17) is 10.2 Å². The second-order valence-corrected chi connectivity index (χ2v) is 6.28. The summed E-state index contributed by atoms with van der Waals surface area (Å²) in [5, 5.41) is 6.27. The molecule has 1 amide bonds. The zero-order valence-electron chi connectivity index (χ0n) is 14.7. The Hall–Kier alpha value is -2.86. The lowest BCUT2D eigenvalue weighted by molar-refractivity contribution is 0.0916. The second kappa shape index (κ2) is 9.01. The van der Waals surface area contributed by atoms with E-state index in [2.05, 4.69) is 15.6 Å². The number of aliphatic imine (C=N–C) groups is 1. The van der Waals surface area contributed by atoms with Crippen molar-refractivity contribution in [1.29, 1.82) is 0 Å². The van der Waals surface area contributed by atoms with E-state index >= 15 is 0 Å². The van der Waals surface area contributed by atoms with E-state index in [-0.39, 0.29) is 11.7 Å². The number of nitrogens with two attached hydrogens (primary N) is 1. The van der Waals surface area contributed by atoms with E-state index in [1.54, 1.807) is 18.3 Å². The average Bonchev–Trinajstić information content (AvgIpc) is 3.18. The van der Waals surface area contributed by atoms with Gasteiger partial charge in [0.25, 0.3) is 5.91 Å². The molecule has 2 aromatic rings. The molecule has 0 saturated carbocycles. The summed E-state index contributed by atoms with van der Waals surface area (Å²) in [6.45, 7) is 2.69. The van der Waals surface area contributed by atoms with Crippen molar-refractivity contribution in [2.75, 3.05) is 19.6 Å². The Kier molecular flexibility index (Phi) is 6.22. The minimum absolute atomic E-state index is 0.203. The lowest BCUT2D eigenvalue weighted by Crippen LogP contribution is -2.35. The van der Waals surface area contributed by atoms with Crippen molar-refractivity contribution in [3.8, 4) is 0 Å². The van der Waals surface area contributed by atoms with Crippen LogP contribution in [0.15, 0.2) is 58.1 Å². The molecule has 6 nitrogen and oxygen atoms in total. The summed E-state index contributed by atoms with van der Waals surface area (Å²) in [5.74, 6) is 1.11. The Morgan fingerprint density at radius 1 is 1.19 bits per heavy atom. The Morgan fingerprint density at radius 2 is 1.92 bits per heavy atom. The van der Waals surface area contributed by atoms with E-state index < -0.39 is 0 Å². The summed E-state index contributed by atoms with van der Waals surface area (Å²) in [5.41, 5.74) is 7.13. The third-order valence-corrected chi connectivity index (χ3v) is 4.41. The van der Waals surface area contributed by atoms with Gasteiger partial charge >= 0.3 is 0 Å². The van der Waals surface area contributed by atoms with Crippen LogP contribution in [0.1, 0.15) is 29.2 Å². The van der Waals surface area contributed by atoms with Crippen LogP contribution in [0.25, 0.3) is 5.57 Å². The number of nitrogens with one attached hydrogen (secondary N) is 2. The van der Waals surface area contributed by atoms with E-state index in [1.165, 1.54) is 6.20 Å². The minimum Gasteiger partial charge on any atom is -0.451 e. The molecule has 3 rings (SSSR count). The molecular formula is C20H24N4O2. The fourth-order valence-electron chi connectivity index (χ4n) is 2.87. The number of carbonyl (C=O) groups excluding carboxylic acids is 1. The molecule has 1 aromatic carbocycles. The van der Waals surface area contributed by atoms with Gasteiger partial charge in [0.05, 0.1) is 11.3 Å². The van der Waals surface area contributed by atoms with Gasteiger partial charge in [-0.25, -0.2) is 0 Å². The summed E-state index contributed by atoms with van der Waals surface area (Å²) in [6.07, 6.45) is 5.21. The number of piperidine rings is 1. The van der Waals surface area contributed by atoms with Crippen LogP contribution in [-0.4, -0.2) is 31.8 Å². The number of furan rings is 1. The van der Waals surface area contributed by atoms with Gasteiger partial charge in [-0.2, -0.15) is 0 Å². The predicted octanol–water partition coefficient (Wildman–Crippen LogP) is 2.71. The summed E-state index contributed by atoms with van der Waals surface area (Å²) < 4.78 is 5.66. The second-order valence-electron chi connectivity index (χ2n) is 6.28. The van der Waals surface area contributed by atoms with Gasteiger partial charge in [0.15, 0.2) is 5.76 Å². The quantitative estimate of drug-likeness (QED) is 0.697. The maximum atomic E-state index is 12.3. The van der Waals surface area contributed by atoms with Crippen LogP contribution in [0.4, 0.5) is 5.69 Å². The number of allylic oxidation sites excluding steroid dienone is 1. The summed E-state index contributed by atoms with van der Waals surface area (Å²) in [4.78, 5) is 16.7. The fraction of sp³-hybridized carbons (Fsp3) is 0.300. The number of amides is 1. The number of para-hydroxylation sites is 1. The predicted molar refractivity (Wildman–Crippen MR) is 103 cm³/mol. The van der Waals surface area contributed by atoms with Crippen LogP contribution in [0.3, 0.4) is 0 Å². The van der Waals surface area contributed by atoms with Crippen LogP contribution in [0.5, 0.6) is 0 Å². The zero-order chi connectivity index (χ0) is 18.2. The van der Waals surface area contributed by atoms with Gasteiger partial charge in [-0.15, -0.1) is 0 Å². The lowest BCUT2D eigenvalue weighted by atomic mass is 9.98. The SMILES string of the molecule is N/C=C(\C=Nc1ccccc1)c1ccc(C(=O)NCC2CCNCC2)o1. The molecular weight excluding hydrogens is 328 g/mol. The van der Waals surface area contributed by atoms with Crippen LogP contribution < -0.4 is 16.4 Å². The molecule has 1 aromatic heterocycles. The molecule has 1 fully saturated rings. The first-order chi connectivity index (χ1) is 12.8. The molecule has 1 aliphatic heterocycles. The van der Waals surface area contributed by atoms with Gasteiger partial charge in [0.1, 0.15) is 5.76 Å². The molecule has 26 heavy (non-hydrogen) atoms. The van der Waals surface area contributed by atoms with Gasteiger partial charge < -0.3 is 20.8 Å². The first kappa shape index (κ1) is 17.9. The highest BCUT2D eigenvalue weighted by Gasteiger charge is 2.17. The zero-order valence-corrected chi connectivity index (χ0v) is 14.7. The third-order valence-electron chi connectivity index (χ3n) is 4.41. The van der Waals surface area contributed by atoms with Crippen LogP contribution >= 0.6 is 0 Å². The number of nitrogens with zero attached hydrogens (tertiary/aromatic N) is 1. The number of rotatable bonds is 6. The van der Waals surface area contributed by atoms with Crippen molar-refractivity contribution in [1.82, 2.24) is 10.6 Å². The highest BCUT2D eigenvalue weighted by Crippen LogP contribution is 2.18. The first-order valence-electron chi connectivity index (χ1n) is 8.86. The molecule has 136 valence electrons. The molecule has 0 spiro atoms. The monoisotopic (exact) mass is 352 g/mol. The number of hydrogen-bond acceptors (Lipinski definition) is 5. The molecule has 0 radical (unpaired) electrons. The summed E-state index contributed by atoms with van der Waals surface area (Å²) in [7, 11) is 0. The van der Waals surface area contributed by atoms with Crippen molar-refractivity contribution in [3.05, 3.63) is 60.2 Å². The smallest absolute Gasteiger partial charge is 0.287 e. The maximum Gasteiger partial charge on any atom is 0.287 e. The van der Waals surface area contributed by atoms with Crippen LogP contribution in [0, 0.1) is 5.92 Å². The molecule has 6 heteroatoms. The molecule has 2 heterocycles. The minimum atomic E-state index is -0.203. The lowest BCUT2D eigenvalue weighted by Gasteiger charge is -2.22. The topological polar surface area (TPSA) is 92.6 Å². The van der Waals surface area contributed by atoms with Crippen LogP contribution in [0.2, 0.25) is 0 Å². The van der Waals surface area contributed by atoms with Crippen LogP contribution in [-0.2, 0) is 0 Å². The highest BCUT2D eigenvalue weighted by molar-refractivity contribution is 6.09. The largest absolute Gasteiger partial charge is 0.451 e. The summed E-state index contributed by atoms with van der Waals surface area (Å²) in [6, 6.07) is 12.9. The van der Waals surface area contributed by atoms with Crippen molar-refractivity contribution in [3.63, 3.8) is 0 Å². The molecule has 1 saturated heterocycles. The van der Waals surface area contributed by atoms with E-state index in [1.807, 2.05) is 30.3 Å². The van der Waals surface area contributed by atoms with Gasteiger partial charge in [0, 0.05) is 19.0 Å². The van der Waals surface area contributed by atoms with Gasteiger partial charge in [-0.1, -0.05) is 18.2 Å². The summed E-state index contributed by atoms with van der Waals surface area (Å²) >= 11 is 0. The van der Waals surface area contributed by atoms with Gasteiger partial charge in [-0.05, 0) is 56.1 Å². The highest BCUT2D eigenvalue weighted by atomic mass is 16.3. The van der Waals surface area contributed by atoms with E-state index in [0.717, 1.165) is 31.6 Å². The van der Waals surface area contributed by atoms with E-state index in [0.29, 0.717) is 23.8 Å². The van der Waals surface area contributed by atoms with Crippen molar-refractivity contribution < 1.29 is 9.21 Å². The Morgan fingerprint density at radius 3 is 2.65 bits per heavy atom. The molecule has 1 aliphatic rings. The normalized spacial score (nSPS) is 16.1. The Balaban J connectivity index is 1.60. The Bertz CT molecular complexity index is 774. The first-order valence-corrected chi connectivity index (χ1v) is 8.86. The van der Waals surface area contributed by atoms with Gasteiger partial charge in [0.2, 0.25) is 0 Å². The fourth-order valence-corrected chi connectivity index (χ4v) is 2.87. The molecule has 0 aliphatic carbocycles. The molecule has 0 bridgehead atoms. The average molecular weight is 352 g/mol. The van der Waals surface area contributed by atoms with E-state index in [9.17, 15) is 4.79 Å². The molecule has 4 N–H and O–H groups in total. The van der Waals surface area contributed by atoms with Crippen molar-refractivity contribution >= 4 is 23.4 Å². The standard InChI is InChI=1S/C20H24N4O2/c21-12-16(14-23-17-4-2-1-3-5-17)18-6-7-19(26-18)20(25)24-13-15-8-10-22-11-9-15/h1-7,12,14-15,22H,8-11,13,21H2,(H,24,25)/b16-12+,23-14?. The number of carbonyl (C=O) groups is 1. The van der Waals surface area contributed by atoms with Crippen molar-refractivity contribution in [2.24, 2.45) is 16.6 Å². The molecule has 0 unspecified atom stereocenters. The number of benzene rings is 1. The third kappa shape index (κ3) is 4.83. The molecule has 0 atom stereocenters. The maximum absolute atomic E-state index is 12.3. The van der Waals surface area contributed by atoms with Gasteiger partial charge in [-0.3, -0.25) is 9.79 Å². The van der Waals surface area contributed by atoms with Crippen molar-refractivity contribution in [2.45, 2.75) is 12.8 Å².